The molecule has 19 heavy (non-hydrogen) atoms. The van der Waals surface area contributed by atoms with Crippen molar-refractivity contribution in [3.8, 4) is 0 Å². The number of nitrogens with one attached hydrogen (secondary N) is 1. The van der Waals surface area contributed by atoms with Gasteiger partial charge in [0.05, 0.1) is 6.61 Å². The summed E-state index contributed by atoms with van der Waals surface area (Å²) in [6, 6.07) is 10.4. The van der Waals surface area contributed by atoms with E-state index in [9.17, 15) is 4.79 Å². The number of benzene rings is 1. The fourth-order valence-corrected chi connectivity index (χ4v) is 2.69. The Hall–Kier alpha value is -1.39. The number of carbonyl (C=O) groups excluding carboxylic acids is 1. The number of hydrogen-bond acceptors (Lipinski definition) is 3. The van der Waals surface area contributed by atoms with Crippen LogP contribution in [0.2, 0.25) is 0 Å². The summed E-state index contributed by atoms with van der Waals surface area (Å²) in [5.41, 5.74) is 1.29. The minimum Gasteiger partial charge on any atom is -0.381 e. The van der Waals surface area contributed by atoms with Gasteiger partial charge in [0.2, 0.25) is 0 Å². The molecular formula is C15H19NO3. The third-order valence-electron chi connectivity index (χ3n) is 4.06. The molecule has 0 spiro atoms. The van der Waals surface area contributed by atoms with Crippen LogP contribution in [-0.4, -0.2) is 38.4 Å². The first-order valence-electron chi connectivity index (χ1n) is 6.83. The number of epoxide rings is 1. The largest absolute Gasteiger partial charge is 0.381 e. The van der Waals surface area contributed by atoms with Gasteiger partial charge in [-0.15, -0.1) is 0 Å². The van der Waals surface area contributed by atoms with Crippen LogP contribution < -0.4 is 5.32 Å². The number of carbonyl (C=O) groups is 1. The third kappa shape index (κ3) is 2.80. The van der Waals surface area contributed by atoms with Crippen molar-refractivity contribution in [1.82, 2.24) is 5.32 Å². The molecule has 4 nitrogen and oxygen atoms in total. The lowest BCUT2D eigenvalue weighted by atomic mass is 9.74. The maximum Gasteiger partial charge on any atom is 0.251 e. The Kier molecular flexibility index (Phi) is 3.53. The Balaban J connectivity index is 1.74. The monoisotopic (exact) mass is 261 g/mol. The summed E-state index contributed by atoms with van der Waals surface area (Å²) in [6.45, 7) is 2.74. The second-order valence-electron chi connectivity index (χ2n) is 5.30. The van der Waals surface area contributed by atoms with Gasteiger partial charge >= 0.3 is 0 Å². The number of rotatable bonds is 4. The summed E-state index contributed by atoms with van der Waals surface area (Å²) in [4.78, 5) is 11.8. The Morgan fingerprint density at radius 1 is 1.26 bits per heavy atom. The highest BCUT2D eigenvalue weighted by atomic mass is 16.6. The first kappa shape index (κ1) is 12.6. The van der Waals surface area contributed by atoms with Crippen LogP contribution in [0.3, 0.4) is 0 Å². The smallest absolute Gasteiger partial charge is 0.251 e. The standard InChI is InChI=1S/C15H19NO3/c17-14(13-10-19-13)16-11-15(6-8-18-9-7-15)12-4-2-1-3-5-12/h1-5,13H,6-11H2,(H,16,17). The van der Waals surface area contributed by atoms with Crippen molar-refractivity contribution < 1.29 is 14.3 Å². The quantitative estimate of drug-likeness (QED) is 0.830. The highest BCUT2D eigenvalue weighted by Gasteiger charge is 2.37. The van der Waals surface area contributed by atoms with E-state index in [1.807, 2.05) is 6.07 Å². The maximum atomic E-state index is 11.8. The van der Waals surface area contributed by atoms with Crippen LogP contribution in [0.15, 0.2) is 30.3 Å². The van der Waals surface area contributed by atoms with Crippen LogP contribution in [0.5, 0.6) is 0 Å². The van der Waals surface area contributed by atoms with E-state index in [0.717, 1.165) is 26.1 Å². The summed E-state index contributed by atoms with van der Waals surface area (Å²) in [5, 5.41) is 3.03. The van der Waals surface area contributed by atoms with Gasteiger partial charge in [-0.25, -0.2) is 0 Å². The van der Waals surface area contributed by atoms with E-state index in [2.05, 4.69) is 29.6 Å². The molecule has 0 radical (unpaired) electrons. The molecule has 2 aliphatic rings. The number of ether oxygens (including phenoxy) is 2. The molecular weight excluding hydrogens is 242 g/mol. The van der Waals surface area contributed by atoms with Gasteiger partial charge < -0.3 is 14.8 Å². The third-order valence-corrected chi connectivity index (χ3v) is 4.06. The average Bonchev–Trinajstić information content (AvgIpc) is 3.31. The summed E-state index contributed by atoms with van der Waals surface area (Å²) >= 11 is 0. The predicted octanol–water partition coefficient (Wildman–Crippen LogP) is 1.25. The van der Waals surface area contributed by atoms with Crippen LogP contribution in [-0.2, 0) is 19.7 Å². The van der Waals surface area contributed by atoms with Crippen molar-refractivity contribution in [2.24, 2.45) is 0 Å². The molecule has 1 aromatic carbocycles. The van der Waals surface area contributed by atoms with Crippen molar-refractivity contribution in [3.05, 3.63) is 35.9 Å². The molecule has 0 aliphatic carbocycles. The van der Waals surface area contributed by atoms with E-state index >= 15 is 0 Å². The molecule has 102 valence electrons. The van der Waals surface area contributed by atoms with Crippen molar-refractivity contribution in [3.63, 3.8) is 0 Å². The fourth-order valence-electron chi connectivity index (χ4n) is 2.69. The van der Waals surface area contributed by atoms with Crippen LogP contribution in [0.4, 0.5) is 0 Å². The lowest BCUT2D eigenvalue weighted by Crippen LogP contribution is -2.45. The van der Waals surface area contributed by atoms with Crippen molar-refractivity contribution in [1.29, 1.82) is 0 Å². The number of hydrogen-bond donors (Lipinski definition) is 1. The van der Waals surface area contributed by atoms with Crippen LogP contribution in [0.1, 0.15) is 18.4 Å². The van der Waals surface area contributed by atoms with E-state index in [0.29, 0.717) is 13.2 Å². The summed E-state index contributed by atoms with van der Waals surface area (Å²) in [6.07, 6.45) is 1.68. The van der Waals surface area contributed by atoms with E-state index in [-0.39, 0.29) is 17.4 Å². The fraction of sp³-hybridized carbons (Fsp3) is 0.533. The highest BCUT2D eigenvalue weighted by molar-refractivity contribution is 5.82. The van der Waals surface area contributed by atoms with Gasteiger partial charge in [-0.1, -0.05) is 30.3 Å². The molecule has 1 N–H and O–H groups in total. The molecule has 2 saturated heterocycles. The van der Waals surface area contributed by atoms with Crippen LogP contribution in [0.25, 0.3) is 0 Å². The summed E-state index contributed by atoms with van der Waals surface area (Å²) in [5.74, 6) is 0.0156. The number of amides is 1. The molecule has 1 amide bonds. The molecule has 4 heteroatoms. The van der Waals surface area contributed by atoms with E-state index in [1.54, 1.807) is 0 Å². The normalized spacial score (nSPS) is 24.7. The van der Waals surface area contributed by atoms with Gasteiger partial charge in [0.15, 0.2) is 6.10 Å². The second kappa shape index (κ2) is 5.31. The zero-order valence-corrected chi connectivity index (χ0v) is 10.9. The van der Waals surface area contributed by atoms with Gasteiger partial charge in [0.25, 0.3) is 5.91 Å². The minimum atomic E-state index is -0.215. The lowest BCUT2D eigenvalue weighted by Gasteiger charge is -2.37. The topological polar surface area (TPSA) is 50.9 Å². The SMILES string of the molecule is O=C(NCC1(c2ccccc2)CCOCC1)C1CO1. The van der Waals surface area contributed by atoms with Crippen molar-refractivity contribution in [2.75, 3.05) is 26.4 Å². The molecule has 1 atom stereocenters. The first-order chi connectivity index (χ1) is 9.30. The molecule has 3 rings (SSSR count). The van der Waals surface area contributed by atoms with Gasteiger partial charge in [-0.05, 0) is 18.4 Å². The lowest BCUT2D eigenvalue weighted by molar-refractivity contribution is -0.122. The first-order valence-corrected chi connectivity index (χ1v) is 6.83. The average molecular weight is 261 g/mol. The summed E-state index contributed by atoms with van der Waals surface area (Å²) < 4.78 is 10.5. The second-order valence-corrected chi connectivity index (χ2v) is 5.30. The Bertz CT molecular complexity index is 436. The zero-order chi connectivity index (χ0) is 13.1. The molecule has 1 unspecified atom stereocenters. The van der Waals surface area contributed by atoms with E-state index in [1.165, 1.54) is 5.56 Å². The van der Waals surface area contributed by atoms with Gasteiger partial charge in [-0.3, -0.25) is 4.79 Å². The summed E-state index contributed by atoms with van der Waals surface area (Å²) in [7, 11) is 0. The molecule has 2 heterocycles. The van der Waals surface area contributed by atoms with E-state index < -0.39 is 0 Å². The molecule has 0 aromatic heterocycles. The minimum absolute atomic E-state index is 0.00403. The Morgan fingerprint density at radius 2 is 1.95 bits per heavy atom. The molecule has 0 bridgehead atoms. The maximum absolute atomic E-state index is 11.8. The van der Waals surface area contributed by atoms with Gasteiger partial charge in [-0.2, -0.15) is 0 Å². The van der Waals surface area contributed by atoms with Gasteiger partial charge in [0.1, 0.15) is 0 Å². The Morgan fingerprint density at radius 3 is 2.58 bits per heavy atom. The van der Waals surface area contributed by atoms with Crippen molar-refractivity contribution >= 4 is 5.91 Å². The zero-order valence-electron chi connectivity index (χ0n) is 10.9. The highest BCUT2D eigenvalue weighted by Crippen LogP contribution is 2.34. The van der Waals surface area contributed by atoms with Gasteiger partial charge in [0, 0.05) is 25.2 Å². The van der Waals surface area contributed by atoms with Crippen molar-refractivity contribution in [2.45, 2.75) is 24.4 Å². The molecule has 1 aromatic rings. The predicted molar refractivity (Wildman–Crippen MR) is 70.9 cm³/mol. The van der Waals surface area contributed by atoms with Crippen LogP contribution in [0, 0.1) is 0 Å². The molecule has 2 fully saturated rings. The van der Waals surface area contributed by atoms with E-state index in [4.69, 9.17) is 9.47 Å². The Labute approximate surface area is 113 Å². The molecule has 2 aliphatic heterocycles. The molecule has 0 saturated carbocycles. The van der Waals surface area contributed by atoms with Crippen LogP contribution >= 0.6 is 0 Å².